The van der Waals surface area contributed by atoms with Crippen molar-refractivity contribution in [2.75, 3.05) is 11.2 Å². The van der Waals surface area contributed by atoms with E-state index in [9.17, 15) is 13.2 Å². The molecule has 2 saturated heterocycles. The Morgan fingerprint density at radius 3 is 2.24 bits per heavy atom. The maximum atomic E-state index is 13.1. The molecule has 2 fully saturated rings. The molecule has 1 N–H and O–H groups in total. The summed E-state index contributed by atoms with van der Waals surface area (Å²) >= 11 is 6.29. The van der Waals surface area contributed by atoms with Crippen LogP contribution in [0, 0.1) is 6.92 Å². The van der Waals surface area contributed by atoms with Crippen LogP contribution in [0.1, 0.15) is 45.1 Å². The van der Waals surface area contributed by atoms with Crippen LogP contribution in [0.25, 0.3) is 0 Å². The predicted octanol–water partition coefficient (Wildman–Crippen LogP) is 4.53. The summed E-state index contributed by atoms with van der Waals surface area (Å²) in [6, 6.07) is 13.3. The number of rotatable bonds is 6. The summed E-state index contributed by atoms with van der Waals surface area (Å²) < 4.78 is 29.5. The van der Waals surface area contributed by atoms with Crippen LogP contribution in [0.3, 0.4) is 0 Å². The van der Waals surface area contributed by atoms with E-state index in [-0.39, 0.29) is 11.9 Å². The number of anilines is 1. The number of fused-ring (bicyclic) bond motifs is 2. The standard InChI is InChI=1S/C25H31ClN2O4S/c1-16-5-12-23(22(26)13-16)32-25(2,3)24(29)27-17-14-19-6-7-20(15-17)28(19)18-8-10-21(11-9-18)33(4,30)31/h5,8-13,17,19-20H,6-7,14-15H2,1-4H3,(H,27,29)/t17?,19-,20+. The van der Waals surface area contributed by atoms with Crippen molar-refractivity contribution < 1.29 is 17.9 Å². The number of nitrogens with one attached hydrogen (secondary N) is 1. The number of benzene rings is 2. The molecule has 33 heavy (non-hydrogen) atoms. The van der Waals surface area contributed by atoms with Crippen molar-refractivity contribution in [3.8, 4) is 5.75 Å². The largest absolute Gasteiger partial charge is 0.476 e. The van der Waals surface area contributed by atoms with Crippen molar-refractivity contribution in [3.63, 3.8) is 0 Å². The van der Waals surface area contributed by atoms with Gasteiger partial charge >= 0.3 is 0 Å². The quantitative estimate of drug-likeness (QED) is 0.644. The SMILES string of the molecule is Cc1ccc(OC(C)(C)C(=O)NC2C[C@H]3CC[C@@H](C2)N3c2ccc(S(C)(=O)=O)cc2)c(Cl)c1. The van der Waals surface area contributed by atoms with Gasteiger partial charge in [-0.2, -0.15) is 0 Å². The summed E-state index contributed by atoms with van der Waals surface area (Å²) in [5.41, 5.74) is 1.01. The molecular weight excluding hydrogens is 460 g/mol. The molecule has 2 aliphatic heterocycles. The molecule has 6 nitrogen and oxygen atoms in total. The molecule has 2 aliphatic rings. The maximum Gasteiger partial charge on any atom is 0.263 e. The number of hydrogen-bond acceptors (Lipinski definition) is 5. The van der Waals surface area contributed by atoms with Gasteiger partial charge in [-0.25, -0.2) is 8.42 Å². The lowest BCUT2D eigenvalue weighted by Gasteiger charge is -2.41. The zero-order valence-electron chi connectivity index (χ0n) is 19.5. The highest BCUT2D eigenvalue weighted by Gasteiger charge is 2.42. The van der Waals surface area contributed by atoms with E-state index in [0.717, 1.165) is 36.9 Å². The second-order valence-corrected chi connectivity index (χ2v) is 12.2. The number of carbonyl (C=O) groups is 1. The first kappa shape index (κ1) is 23.9. The van der Waals surface area contributed by atoms with E-state index in [1.165, 1.54) is 6.26 Å². The number of ether oxygens (including phenoxy) is 1. The first-order valence-electron chi connectivity index (χ1n) is 11.3. The van der Waals surface area contributed by atoms with Crippen molar-refractivity contribution in [3.05, 3.63) is 53.1 Å². The van der Waals surface area contributed by atoms with Gasteiger partial charge in [0.15, 0.2) is 15.4 Å². The minimum absolute atomic E-state index is 0.0675. The van der Waals surface area contributed by atoms with E-state index in [1.54, 1.807) is 32.0 Å². The fraction of sp³-hybridized carbons (Fsp3) is 0.480. The number of sulfone groups is 1. The molecule has 1 amide bonds. The van der Waals surface area contributed by atoms with E-state index in [0.29, 0.717) is 27.8 Å². The number of aryl methyl sites for hydroxylation is 1. The number of amides is 1. The van der Waals surface area contributed by atoms with Crippen LogP contribution in [0.2, 0.25) is 5.02 Å². The normalized spacial score (nSPS) is 22.8. The Kier molecular flexibility index (Phi) is 6.40. The Morgan fingerprint density at radius 2 is 1.70 bits per heavy atom. The van der Waals surface area contributed by atoms with Crippen molar-refractivity contribution >= 4 is 33.0 Å². The lowest BCUT2D eigenvalue weighted by atomic mass is 9.95. The van der Waals surface area contributed by atoms with E-state index in [1.807, 2.05) is 31.2 Å². The third-order valence-electron chi connectivity index (χ3n) is 6.63. The number of carbonyl (C=O) groups excluding carboxylic acids is 1. The molecule has 1 unspecified atom stereocenters. The van der Waals surface area contributed by atoms with Crippen LogP contribution in [0.5, 0.6) is 5.75 Å². The first-order valence-corrected chi connectivity index (χ1v) is 13.6. The Morgan fingerprint density at radius 1 is 1.09 bits per heavy atom. The van der Waals surface area contributed by atoms with Crippen LogP contribution in [0.4, 0.5) is 5.69 Å². The maximum absolute atomic E-state index is 13.1. The van der Waals surface area contributed by atoms with E-state index in [2.05, 4.69) is 10.2 Å². The summed E-state index contributed by atoms with van der Waals surface area (Å²) in [6.07, 6.45) is 5.03. The molecule has 2 aromatic carbocycles. The lowest BCUT2D eigenvalue weighted by molar-refractivity contribution is -0.135. The Labute approximate surface area is 201 Å². The van der Waals surface area contributed by atoms with E-state index in [4.69, 9.17) is 16.3 Å². The average Bonchev–Trinajstić information content (AvgIpc) is 3.00. The molecule has 4 rings (SSSR count). The first-order chi connectivity index (χ1) is 15.4. The molecule has 0 saturated carbocycles. The van der Waals surface area contributed by atoms with Gasteiger partial charge in [-0.05, 0) is 88.4 Å². The summed E-state index contributed by atoms with van der Waals surface area (Å²) in [5, 5.41) is 3.69. The molecule has 0 spiro atoms. The topological polar surface area (TPSA) is 75.7 Å². The summed E-state index contributed by atoms with van der Waals surface area (Å²) in [6.45, 7) is 5.46. The molecular formula is C25H31ClN2O4S. The van der Waals surface area contributed by atoms with E-state index < -0.39 is 15.4 Å². The smallest absolute Gasteiger partial charge is 0.263 e. The van der Waals surface area contributed by atoms with Gasteiger partial charge in [-0.1, -0.05) is 17.7 Å². The Hall–Kier alpha value is -2.25. The average molecular weight is 491 g/mol. The number of nitrogens with zero attached hydrogens (tertiary/aromatic N) is 1. The number of hydrogen-bond donors (Lipinski definition) is 1. The highest BCUT2D eigenvalue weighted by atomic mass is 35.5. The van der Waals surface area contributed by atoms with Crippen molar-refractivity contribution in [2.24, 2.45) is 0 Å². The van der Waals surface area contributed by atoms with Crippen molar-refractivity contribution in [2.45, 2.75) is 75.1 Å². The fourth-order valence-corrected chi connectivity index (χ4v) is 5.86. The Bertz CT molecular complexity index is 1130. The van der Waals surface area contributed by atoms with Gasteiger partial charge in [0.25, 0.3) is 5.91 Å². The van der Waals surface area contributed by atoms with Crippen LogP contribution in [0.15, 0.2) is 47.4 Å². The monoisotopic (exact) mass is 490 g/mol. The molecule has 0 aliphatic carbocycles. The third-order valence-corrected chi connectivity index (χ3v) is 8.05. The number of piperidine rings is 1. The second kappa shape index (κ2) is 8.84. The molecule has 3 atom stereocenters. The highest BCUT2D eigenvalue weighted by molar-refractivity contribution is 7.90. The van der Waals surface area contributed by atoms with Gasteiger partial charge in [0.2, 0.25) is 0 Å². The third kappa shape index (κ3) is 5.14. The zero-order valence-corrected chi connectivity index (χ0v) is 21.0. The number of halogens is 1. The molecule has 0 radical (unpaired) electrons. The van der Waals surface area contributed by atoms with Crippen molar-refractivity contribution in [1.29, 1.82) is 0 Å². The van der Waals surface area contributed by atoms with Gasteiger partial charge in [0, 0.05) is 30.1 Å². The van der Waals surface area contributed by atoms with Crippen LogP contribution in [-0.4, -0.2) is 44.3 Å². The molecule has 178 valence electrons. The minimum atomic E-state index is -3.21. The van der Waals surface area contributed by atoms with Crippen LogP contribution < -0.4 is 15.0 Å². The zero-order chi connectivity index (χ0) is 24.0. The van der Waals surface area contributed by atoms with Crippen LogP contribution >= 0.6 is 11.6 Å². The van der Waals surface area contributed by atoms with Crippen LogP contribution in [-0.2, 0) is 14.6 Å². The van der Waals surface area contributed by atoms with Gasteiger partial charge in [-0.3, -0.25) is 4.79 Å². The predicted molar refractivity (Wildman–Crippen MR) is 131 cm³/mol. The van der Waals surface area contributed by atoms with Gasteiger partial charge in [0.05, 0.1) is 9.92 Å². The summed E-state index contributed by atoms with van der Waals surface area (Å²) in [4.78, 5) is 15.8. The second-order valence-electron chi connectivity index (χ2n) is 9.75. The molecule has 2 bridgehead atoms. The molecule has 8 heteroatoms. The summed E-state index contributed by atoms with van der Waals surface area (Å²) in [7, 11) is -3.21. The Balaban J connectivity index is 1.41. The summed E-state index contributed by atoms with van der Waals surface area (Å²) in [5.74, 6) is 0.337. The van der Waals surface area contributed by atoms with Gasteiger partial charge in [-0.15, -0.1) is 0 Å². The van der Waals surface area contributed by atoms with Gasteiger partial charge in [0.1, 0.15) is 5.75 Å². The lowest BCUT2D eigenvalue weighted by Crippen LogP contribution is -2.55. The van der Waals surface area contributed by atoms with E-state index >= 15 is 0 Å². The molecule has 2 heterocycles. The minimum Gasteiger partial charge on any atom is -0.476 e. The van der Waals surface area contributed by atoms with Gasteiger partial charge < -0.3 is 15.0 Å². The highest BCUT2D eigenvalue weighted by Crippen LogP contribution is 2.40. The molecule has 2 aromatic rings. The molecule has 0 aromatic heterocycles. The fourth-order valence-electron chi connectivity index (χ4n) is 4.95. The van der Waals surface area contributed by atoms with Crippen molar-refractivity contribution in [1.82, 2.24) is 5.32 Å².